The highest BCUT2D eigenvalue weighted by atomic mass is 32.1. The summed E-state index contributed by atoms with van der Waals surface area (Å²) in [4.78, 5) is 16.2. The van der Waals surface area contributed by atoms with E-state index in [1.54, 1.807) is 11.3 Å². The Morgan fingerprint density at radius 1 is 1.38 bits per heavy atom. The van der Waals surface area contributed by atoms with Crippen molar-refractivity contribution in [2.24, 2.45) is 11.8 Å². The number of rotatable bonds is 6. The number of amides is 1. The van der Waals surface area contributed by atoms with E-state index in [0.29, 0.717) is 18.3 Å². The Hall–Kier alpha value is -0.910. The molecule has 0 spiro atoms. The topological polar surface area (TPSA) is 41.6 Å². The first kappa shape index (κ1) is 16.6. The molecule has 0 aromatic carbocycles. The molecule has 4 rings (SSSR count). The van der Waals surface area contributed by atoms with Gasteiger partial charge in [0, 0.05) is 29.9 Å². The molecule has 0 unspecified atom stereocenters. The third-order valence-electron chi connectivity index (χ3n) is 6.08. The van der Waals surface area contributed by atoms with E-state index in [-0.39, 0.29) is 12.0 Å². The second-order valence-corrected chi connectivity index (χ2v) is 8.58. The van der Waals surface area contributed by atoms with Crippen molar-refractivity contribution >= 4 is 17.2 Å². The fraction of sp³-hybridized carbons (Fsp3) is 0.737. The van der Waals surface area contributed by atoms with Crippen LogP contribution in [0.2, 0.25) is 0 Å². The van der Waals surface area contributed by atoms with Gasteiger partial charge in [0.1, 0.15) is 0 Å². The third kappa shape index (κ3) is 3.68. The van der Waals surface area contributed by atoms with Crippen molar-refractivity contribution in [3.63, 3.8) is 0 Å². The molecule has 3 atom stereocenters. The van der Waals surface area contributed by atoms with E-state index in [4.69, 9.17) is 4.74 Å². The fourth-order valence-corrected chi connectivity index (χ4v) is 5.15. The van der Waals surface area contributed by atoms with Crippen LogP contribution in [0.25, 0.3) is 0 Å². The summed E-state index contributed by atoms with van der Waals surface area (Å²) in [6.45, 7) is 3.97. The van der Waals surface area contributed by atoms with Crippen molar-refractivity contribution in [2.75, 3.05) is 26.2 Å². The van der Waals surface area contributed by atoms with Gasteiger partial charge in [0.05, 0.1) is 19.1 Å². The molecule has 1 saturated carbocycles. The van der Waals surface area contributed by atoms with E-state index < -0.39 is 0 Å². The van der Waals surface area contributed by atoms with Crippen molar-refractivity contribution in [1.82, 2.24) is 10.2 Å². The van der Waals surface area contributed by atoms with Crippen LogP contribution < -0.4 is 5.32 Å². The zero-order chi connectivity index (χ0) is 16.4. The summed E-state index contributed by atoms with van der Waals surface area (Å²) in [6, 6.07) is 5.02. The summed E-state index contributed by atoms with van der Waals surface area (Å²) in [5.41, 5.74) is 0. The number of ether oxygens (including phenoxy) is 1. The van der Waals surface area contributed by atoms with Crippen molar-refractivity contribution < 1.29 is 9.53 Å². The molecule has 2 saturated heterocycles. The Morgan fingerprint density at radius 2 is 2.29 bits per heavy atom. The Balaban J connectivity index is 1.20. The zero-order valence-electron chi connectivity index (χ0n) is 14.3. The van der Waals surface area contributed by atoms with Crippen molar-refractivity contribution in [2.45, 2.75) is 50.7 Å². The molecule has 2 aliphatic heterocycles. The van der Waals surface area contributed by atoms with Gasteiger partial charge >= 0.3 is 0 Å². The van der Waals surface area contributed by atoms with Gasteiger partial charge in [0.15, 0.2) is 0 Å². The molecule has 0 radical (unpaired) electrons. The Morgan fingerprint density at radius 3 is 3.04 bits per heavy atom. The molecule has 24 heavy (non-hydrogen) atoms. The minimum Gasteiger partial charge on any atom is -0.377 e. The predicted octanol–water partition coefficient (Wildman–Crippen LogP) is 2.69. The summed E-state index contributed by atoms with van der Waals surface area (Å²) in [6.07, 6.45) is 6.98. The van der Waals surface area contributed by atoms with E-state index in [0.717, 1.165) is 25.6 Å². The Labute approximate surface area is 148 Å². The number of hydrogen-bond acceptors (Lipinski definition) is 4. The van der Waals surface area contributed by atoms with Gasteiger partial charge in [-0.2, -0.15) is 0 Å². The van der Waals surface area contributed by atoms with Gasteiger partial charge in [0.2, 0.25) is 5.91 Å². The lowest BCUT2D eigenvalue weighted by Crippen LogP contribution is -2.49. The number of piperidine rings is 1. The molecule has 132 valence electrons. The maximum atomic E-state index is 12.2. The minimum absolute atomic E-state index is 0.139. The number of nitrogens with one attached hydrogen (secondary N) is 1. The Kier molecular flexibility index (Phi) is 5.20. The predicted molar refractivity (Wildman–Crippen MR) is 96.2 cm³/mol. The van der Waals surface area contributed by atoms with E-state index in [9.17, 15) is 4.79 Å². The van der Waals surface area contributed by atoms with Crippen LogP contribution in [0.4, 0.5) is 0 Å². The first-order valence-corrected chi connectivity index (χ1v) is 10.3. The second kappa shape index (κ2) is 7.54. The highest BCUT2D eigenvalue weighted by molar-refractivity contribution is 7.09. The SMILES string of the molecule is O=C(C[C@@H]1OC[C@@H]2CN(C3CCC3)CC[C@@H]21)NCCc1cccs1. The summed E-state index contributed by atoms with van der Waals surface area (Å²) in [5.74, 6) is 1.38. The van der Waals surface area contributed by atoms with E-state index in [2.05, 4.69) is 27.7 Å². The van der Waals surface area contributed by atoms with Gasteiger partial charge < -0.3 is 15.0 Å². The number of thiophene rings is 1. The molecule has 1 N–H and O–H groups in total. The lowest BCUT2D eigenvalue weighted by atomic mass is 9.80. The van der Waals surface area contributed by atoms with Crippen LogP contribution in [0.1, 0.15) is 37.0 Å². The van der Waals surface area contributed by atoms with Gasteiger partial charge in [0.25, 0.3) is 0 Å². The molecule has 3 fully saturated rings. The van der Waals surface area contributed by atoms with Crippen molar-refractivity contribution in [1.29, 1.82) is 0 Å². The lowest BCUT2D eigenvalue weighted by Gasteiger charge is -2.43. The van der Waals surface area contributed by atoms with Crippen molar-refractivity contribution in [3.05, 3.63) is 22.4 Å². The van der Waals surface area contributed by atoms with Crippen LogP contribution in [-0.4, -0.2) is 49.2 Å². The summed E-state index contributed by atoms with van der Waals surface area (Å²) in [7, 11) is 0. The lowest BCUT2D eigenvalue weighted by molar-refractivity contribution is -0.123. The normalized spacial score (nSPS) is 30.8. The second-order valence-electron chi connectivity index (χ2n) is 7.55. The average Bonchev–Trinajstić information content (AvgIpc) is 3.16. The molecule has 1 amide bonds. The van der Waals surface area contributed by atoms with Crippen LogP contribution >= 0.6 is 11.3 Å². The molecule has 0 bridgehead atoms. The molecule has 3 aliphatic rings. The monoisotopic (exact) mass is 348 g/mol. The number of carbonyl (C=O) groups is 1. The summed E-state index contributed by atoms with van der Waals surface area (Å²) < 4.78 is 6.02. The van der Waals surface area contributed by atoms with Gasteiger partial charge in [-0.1, -0.05) is 12.5 Å². The highest BCUT2D eigenvalue weighted by Crippen LogP contribution is 2.38. The quantitative estimate of drug-likeness (QED) is 0.859. The van der Waals surface area contributed by atoms with E-state index >= 15 is 0 Å². The zero-order valence-corrected chi connectivity index (χ0v) is 15.1. The van der Waals surface area contributed by atoms with Gasteiger partial charge in [-0.3, -0.25) is 4.79 Å². The van der Waals surface area contributed by atoms with Crippen LogP contribution in [0.15, 0.2) is 17.5 Å². The average molecular weight is 349 g/mol. The maximum absolute atomic E-state index is 12.2. The molecule has 4 nitrogen and oxygen atoms in total. The first-order valence-electron chi connectivity index (χ1n) is 9.44. The number of likely N-dealkylation sites (tertiary alicyclic amines) is 1. The molecular formula is C19H28N2O2S. The first-order chi connectivity index (χ1) is 11.8. The van der Waals surface area contributed by atoms with Crippen LogP contribution in [0.5, 0.6) is 0 Å². The largest absolute Gasteiger partial charge is 0.377 e. The molecule has 3 heterocycles. The smallest absolute Gasteiger partial charge is 0.222 e. The number of carbonyl (C=O) groups excluding carboxylic acids is 1. The molecule has 1 aromatic heterocycles. The molecule has 1 aromatic rings. The van der Waals surface area contributed by atoms with Crippen LogP contribution in [0, 0.1) is 11.8 Å². The maximum Gasteiger partial charge on any atom is 0.222 e. The molecule has 5 heteroatoms. The van der Waals surface area contributed by atoms with E-state index in [1.165, 1.54) is 43.6 Å². The number of hydrogen-bond donors (Lipinski definition) is 1. The van der Waals surface area contributed by atoms with Crippen LogP contribution in [0.3, 0.4) is 0 Å². The summed E-state index contributed by atoms with van der Waals surface area (Å²) >= 11 is 1.75. The minimum atomic E-state index is 0.139. The van der Waals surface area contributed by atoms with Gasteiger partial charge in [-0.05, 0) is 49.6 Å². The highest BCUT2D eigenvalue weighted by Gasteiger charge is 2.43. The molecular weight excluding hydrogens is 320 g/mol. The van der Waals surface area contributed by atoms with Gasteiger partial charge in [-0.25, -0.2) is 0 Å². The van der Waals surface area contributed by atoms with Gasteiger partial charge in [-0.15, -0.1) is 11.3 Å². The van der Waals surface area contributed by atoms with Crippen molar-refractivity contribution in [3.8, 4) is 0 Å². The number of nitrogens with zero attached hydrogens (tertiary/aromatic N) is 1. The Bertz CT molecular complexity index is 544. The fourth-order valence-electron chi connectivity index (χ4n) is 4.44. The molecule has 1 aliphatic carbocycles. The van der Waals surface area contributed by atoms with Crippen LogP contribution in [-0.2, 0) is 16.0 Å². The summed E-state index contributed by atoms with van der Waals surface area (Å²) in [5, 5.41) is 5.15. The third-order valence-corrected chi connectivity index (χ3v) is 7.01. The number of fused-ring (bicyclic) bond motifs is 1. The standard InChI is InChI=1S/C19H28N2O2S/c22-19(20-8-6-16-5-2-10-24-16)11-18-17-7-9-21(15-3-1-4-15)12-14(17)13-23-18/h2,5,10,14-15,17-18H,1,3-4,6-9,11-13H2,(H,20,22)/t14-,17-,18-/m0/s1. The van der Waals surface area contributed by atoms with E-state index in [1.807, 2.05) is 0 Å².